The lowest BCUT2D eigenvalue weighted by molar-refractivity contribution is -0.148. The van der Waals surface area contributed by atoms with Gasteiger partial charge in [0.25, 0.3) is 0 Å². The van der Waals surface area contributed by atoms with Gasteiger partial charge in [0.2, 0.25) is 0 Å². The second-order valence-corrected chi connectivity index (χ2v) is 5.07. The summed E-state index contributed by atoms with van der Waals surface area (Å²) in [4.78, 5) is 23.3. The van der Waals surface area contributed by atoms with E-state index in [-0.39, 0.29) is 25.0 Å². The number of urea groups is 1. The molecule has 0 spiro atoms. The Morgan fingerprint density at radius 3 is 2.47 bits per heavy atom. The molecule has 2 atom stereocenters. The zero-order chi connectivity index (χ0) is 13.9. The maximum atomic E-state index is 11.9. The number of hydrogen-bond acceptors (Lipinski definition) is 4. The molecule has 2 rings (SSSR count). The minimum Gasteiger partial charge on any atom is -0.480 e. The Morgan fingerprint density at radius 2 is 1.95 bits per heavy atom. The van der Waals surface area contributed by atoms with Gasteiger partial charge in [-0.3, -0.25) is 0 Å². The van der Waals surface area contributed by atoms with Gasteiger partial charge in [-0.2, -0.15) is 0 Å². The second-order valence-electron chi connectivity index (χ2n) is 5.07. The topological polar surface area (TPSA) is 96.9 Å². The van der Waals surface area contributed by atoms with Gasteiger partial charge in [-0.25, -0.2) is 9.59 Å². The van der Waals surface area contributed by atoms with Crippen molar-refractivity contribution in [3.05, 3.63) is 0 Å². The number of amides is 2. The van der Waals surface area contributed by atoms with Crippen LogP contribution in [0.5, 0.6) is 0 Å². The zero-order valence-electron chi connectivity index (χ0n) is 11.0. The number of nitrogens with one attached hydrogen (secondary N) is 2. The van der Waals surface area contributed by atoms with E-state index in [1.165, 1.54) is 0 Å². The fourth-order valence-corrected chi connectivity index (χ4v) is 2.46. The van der Waals surface area contributed by atoms with Gasteiger partial charge in [0.05, 0.1) is 12.1 Å². The Bertz CT molecular complexity index is 354. The summed E-state index contributed by atoms with van der Waals surface area (Å²) in [6.45, 7) is 3.19. The van der Waals surface area contributed by atoms with Gasteiger partial charge in [0.1, 0.15) is 5.54 Å². The summed E-state index contributed by atoms with van der Waals surface area (Å²) in [5, 5.41) is 14.7. The van der Waals surface area contributed by atoms with Gasteiger partial charge < -0.3 is 25.2 Å². The van der Waals surface area contributed by atoms with E-state index in [2.05, 4.69) is 10.6 Å². The van der Waals surface area contributed by atoms with Crippen LogP contribution in [0.1, 0.15) is 26.2 Å². The van der Waals surface area contributed by atoms with Crippen LogP contribution in [0.2, 0.25) is 0 Å². The van der Waals surface area contributed by atoms with Crippen molar-refractivity contribution in [3.63, 3.8) is 0 Å². The highest BCUT2D eigenvalue weighted by Gasteiger charge is 2.42. The highest BCUT2D eigenvalue weighted by molar-refractivity contribution is 5.86. The number of aliphatic carboxylic acids is 1. The number of carboxylic acids is 1. The van der Waals surface area contributed by atoms with E-state index < -0.39 is 17.5 Å². The maximum Gasteiger partial charge on any atom is 0.329 e. The van der Waals surface area contributed by atoms with Crippen molar-refractivity contribution in [1.29, 1.82) is 0 Å². The molecule has 0 aromatic carbocycles. The number of rotatable bonds is 3. The van der Waals surface area contributed by atoms with Gasteiger partial charge in [-0.1, -0.05) is 0 Å². The first-order chi connectivity index (χ1) is 9.03. The van der Waals surface area contributed by atoms with Gasteiger partial charge in [-0.05, 0) is 13.3 Å². The molecular formula is C12H20N2O5. The molecule has 2 saturated heterocycles. The largest absolute Gasteiger partial charge is 0.480 e. The van der Waals surface area contributed by atoms with Gasteiger partial charge in [0.15, 0.2) is 0 Å². The first-order valence-corrected chi connectivity index (χ1v) is 6.55. The molecule has 2 fully saturated rings. The highest BCUT2D eigenvalue weighted by atomic mass is 16.5. The summed E-state index contributed by atoms with van der Waals surface area (Å²) in [5.41, 5.74) is -1.22. The Balaban J connectivity index is 1.93. The monoisotopic (exact) mass is 272 g/mol. The molecule has 2 amide bonds. The third kappa shape index (κ3) is 3.16. The predicted octanol–water partition coefficient (Wildman–Crippen LogP) is 0.0968. The molecule has 3 N–H and O–H groups in total. The quantitative estimate of drug-likeness (QED) is 0.677. The minimum atomic E-state index is -1.22. The van der Waals surface area contributed by atoms with Crippen LogP contribution in [0.4, 0.5) is 4.79 Å². The van der Waals surface area contributed by atoms with Crippen molar-refractivity contribution < 1.29 is 24.2 Å². The van der Waals surface area contributed by atoms with Crippen molar-refractivity contribution >= 4 is 12.0 Å². The Morgan fingerprint density at radius 1 is 1.26 bits per heavy atom. The lowest BCUT2D eigenvalue weighted by Gasteiger charge is -2.34. The summed E-state index contributed by atoms with van der Waals surface area (Å²) in [7, 11) is 0. The van der Waals surface area contributed by atoms with E-state index in [1.807, 2.05) is 6.92 Å². The molecule has 7 nitrogen and oxygen atoms in total. The van der Waals surface area contributed by atoms with E-state index in [9.17, 15) is 14.7 Å². The number of ether oxygens (including phenoxy) is 2. The Labute approximate surface area is 111 Å². The smallest absolute Gasteiger partial charge is 0.329 e. The number of carbonyl (C=O) groups excluding carboxylic acids is 1. The minimum absolute atomic E-state index is 0.0405. The summed E-state index contributed by atoms with van der Waals surface area (Å²) in [6.07, 6.45) is 1.28. The molecule has 2 aliphatic heterocycles. The molecule has 108 valence electrons. The van der Waals surface area contributed by atoms with Gasteiger partial charge >= 0.3 is 12.0 Å². The van der Waals surface area contributed by atoms with Crippen LogP contribution in [-0.4, -0.2) is 54.6 Å². The van der Waals surface area contributed by atoms with Crippen LogP contribution in [-0.2, 0) is 14.3 Å². The number of carboxylic acid groups (broad SMARTS) is 1. The van der Waals surface area contributed by atoms with Gasteiger partial charge in [0, 0.05) is 32.7 Å². The zero-order valence-corrected chi connectivity index (χ0v) is 11.0. The molecule has 2 heterocycles. The third-order valence-corrected chi connectivity index (χ3v) is 3.80. The van der Waals surface area contributed by atoms with E-state index >= 15 is 0 Å². The molecule has 0 aromatic rings. The molecular weight excluding hydrogens is 252 g/mol. The summed E-state index contributed by atoms with van der Waals surface area (Å²) in [5.74, 6) is -1.01. The molecule has 0 saturated carbocycles. The molecule has 2 aliphatic rings. The summed E-state index contributed by atoms with van der Waals surface area (Å²) in [6, 6.07) is -0.516. The molecule has 19 heavy (non-hydrogen) atoms. The molecule has 2 unspecified atom stereocenters. The van der Waals surface area contributed by atoms with Crippen LogP contribution in [0.3, 0.4) is 0 Å². The number of carbonyl (C=O) groups is 2. The second kappa shape index (κ2) is 5.75. The van der Waals surface area contributed by atoms with Crippen LogP contribution in [0.15, 0.2) is 0 Å². The van der Waals surface area contributed by atoms with Crippen LogP contribution in [0, 0.1) is 0 Å². The van der Waals surface area contributed by atoms with Crippen molar-refractivity contribution in [2.45, 2.75) is 43.9 Å². The lowest BCUT2D eigenvalue weighted by atomic mass is 9.90. The van der Waals surface area contributed by atoms with E-state index in [1.54, 1.807) is 0 Å². The molecule has 0 aromatic heterocycles. The van der Waals surface area contributed by atoms with Crippen LogP contribution >= 0.6 is 0 Å². The average Bonchev–Trinajstić information content (AvgIpc) is 2.76. The SMILES string of the molecule is CC1OCCC1NC(=O)NC1(C(=O)O)CCOCC1. The fourth-order valence-electron chi connectivity index (χ4n) is 2.46. The van der Waals surface area contributed by atoms with Crippen LogP contribution < -0.4 is 10.6 Å². The van der Waals surface area contributed by atoms with Crippen molar-refractivity contribution in [1.82, 2.24) is 10.6 Å². The van der Waals surface area contributed by atoms with E-state index in [0.29, 0.717) is 19.8 Å². The first-order valence-electron chi connectivity index (χ1n) is 6.55. The van der Waals surface area contributed by atoms with E-state index in [0.717, 1.165) is 6.42 Å². The van der Waals surface area contributed by atoms with Crippen molar-refractivity contribution in [3.8, 4) is 0 Å². The molecule has 0 aliphatic carbocycles. The third-order valence-electron chi connectivity index (χ3n) is 3.80. The molecule has 0 radical (unpaired) electrons. The fraction of sp³-hybridized carbons (Fsp3) is 0.833. The summed E-state index contributed by atoms with van der Waals surface area (Å²) < 4.78 is 10.5. The van der Waals surface area contributed by atoms with Crippen molar-refractivity contribution in [2.24, 2.45) is 0 Å². The lowest BCUT2D eigenvalue weighted by Crippen LogP contribution is -2.61. The van der Waals surface area contributed by atoms with Crippen molar-refractivity contribution in [2.75, 3.05) is 19.8 Å². The van der Waals surface area contributed by atoms with E-state index in [4.69, 9.17) is 9.47 Å². The highest BCUT2D eigenvalue weighted by Crippen LogP contribution is 2.21. The first kappa shape index (κ1) is 14.1. The molecule has 7 heteroatoms. The van der Waals surface area contributed by atoms with Gasteiger partial charge in [-0.15, -0.1) is 0 Å². The Hall–Kier alpha value is -1.34. The molecule has 0 bridgehead atoms. The standard InChI is InChI=1S/C12H20N2O5/c1-8-9(2-5-19-8)13-11(17)14-12(10(15)16)3-6-18-7-4-12/h8-9H,2-7H2,1H3,(H,15,16)(H2,13,14,17). The average molecular weight is 272 g/mol. The van der Waals surface area contributed by atoms with Crippen LogP contribution in [0.25, 0.3) is 0 Å². The summed E-state index contributed by atoms with van der Waals surface area (Å²) >= 11 is 0. The maximum absolute atomic E-state index is 11.9. The number of hydrogen-bond donors (Lipinski definition) is 3. The Kier molecular flexibility index (Phi) is 4.26. The predicted molar refractivity (Wildman–Crippen MR) is 65.9 cm³/mol. The normalized spacial score (nSPS) is 29.7.